The standard InChI is InChI=1S/C5H11NO2.HNO3/c1-3(2)4(6)5(7)8;2-1(3)4/h3-4H,6H2,1-2H3,(H,7,8);(H,2,3,4)/t4-;/m0./s1. The first-order valence-electron chi connectivity index (χ1n) is 3.10. The number of carboxylic acid groups (broad SMARTS) is 1. The topological polar surface area (TPSA) is 127 Å². The zero-order valence-corrected chi connectivity index (χ0v) is 6.80. The molecule has 0 heterocycles. The van der Waals surface area contributed by atoms with Crippen molar-refractivity contribution in [2.24, 2.45) is 11.7 Å². The molecule has 0 bridgehead atoms. The van der Waals surface area contributed by atoms with Crippen molar-refractivity contribution in [1.82, 2.24) is 0 Å². The van der Waals surface area contributed by atoms with Gasteiger partial charge in [0.05, 0.1) is 0 Å². The molecule has 0 aromatic carbocycles. The number of rotatable bonds is 2. The van der Waals surface area contributed by atoms with Gasteiger partial charge in [-0.25, -0.2) is 0 Å². The Labute approximate surface area is 68.9 Å². The van der Waals surface area contributed by atoms with Crippen LogP contribution in [0.15, 0.2) is 0 Å². The normalized spacial score (nSPS) is 11.3. The molecular weight excluding hydrogens is 168 g/mol. The maximum Gasteiger partial charge on any atom is 0.320 e. The zero-order valence-electron chi connectivity index (χ0n) is 6.80. The van der Waals surface area contributed by atoms with Crippen LogP contribution in [0.5, 0.6) is 0 Å². The monoisotopic (exact) mass is 180 g/mol. The molecule has 0 aromatic heterocycles. The van der Waals surface area contributed by atoms with Gasteiger partial charge in [-0.1, -0.05) is 13.8 Å². The van der Waals surface area contributed by atoms with Gasteiger partial charge in [0, 0.05) is 0 Å². The fraction of sp³-hybridized carbons (Fsp3) is 0.800. The lowest BCUT2D eigenvalue weighted by Gasteiger charge is -2.07. The predicted octanol–water partition coefficient (Wildman–Crippen LogP) is -0.293. The highest BCUT2D eigenvalue weighted by Crippen LogP contribution is 1.96. The number of carboxylic acids is 1. The van der Waals surface area contributed by atoms with Crippen LogP contribution in [0, 0.1) is 16.0 Å². The fourth-order valence-corrected chi connectivity index (χ4v) is 0.285. The summed E-state index contributed by atoms with van der Waals surface area (Å²) >= 11 is 0. The highest BCUT2D eigenvalue weighted by Gasteiger charge is 2.14. The van der Waals surface area contributed by atoms with E-state index in [2.05, 4.69) is 0 Å². The summed E-state index contributed by atoms with van der Waals surface area (Å²) in [6.07, 6.45) is 0. The van der Waals surface area contributed by atoms with Gasteiger partial charge in [-0.05, 0) is 5.92 Å². The molecule has 0 aliphatic carbocycles. The van der Waals surface area contributed by atoms with Gasteiger partial charge in [0.25, 0.3) is 5.09 Å². The van der Waals surface area contributed by atoms with Crippen LogP contribution in [-0.2, 0) is 4.79 Å². The minimum absolute atomic E-state index is 0.0208. The fourth-order valence-electron chi connectivity index (χ4n) is 0.285. The molecule has 0 aromatic rings. The summed E-state index contributed by atoms with van der Waals surface area (Å²) in [5.41, 5.74) is 5.16. The first-order chi connectivity index (χ1) is 5.29. The Bertz CT molecular complexity index is 154. The van der Waals surface area contributed by atoms with Crippen molar-refractivity contribution < 1.29 is 20.2 Å². The van der Waals surface area contributed by atoms with Crippen molar-refractivity contribution in [3.63, 3.8) is 0 Å². The third-order valence-electron chi connectivity index (χ3n) is 1.00. The lowest BCUT2D eigenvalue weighted by molar-refractivity contribution is -0.742. The van der Waals surface area contributed by atoms with Crippen LogP contribution in [0.2, 0.25) is 0 Å². The number of aliphatic carboxylic acids is 1. The Hall–Kier alpha value is -1.37. The second kappa shape index (κ2) is 6.35. The molecule has 4 N–H and O–H groups in total. The van der Waals surface area contributed by atoms with Gasteiger partial charge in [-0.3, -0.25) is 4.79 Å². The van der Waals surface area contributed by atoms with Crippen LogP contribution in [0.4, 0.5) is 0 Å². The summed E-state index contributed by atoms with van der Waals surface area (Å²) in [7, 11) is 0. The van der Waals surface area contributed by atoms with Crippen LogP contribution in [0.3, 0.4) is 0 Å². The summed E-state index contributed by atoms with van der Waals surface area (Å²) in [5, 5.41) is 21.9. The summed E-state index contributed by atoms with van der Waals surface area (Å²) in [5.74, 6) is -0.910. The maximum atomic E-state index is 10.0. The lowest BCUT2D eigenvalue weighted by Crippen LogP contribution is -2.34. The predicted molar refractivity (Wildman–Crippen MR) is 39.2 cm³/mol. The highest BCUT2D eigenvalue weighted by atomic mass is 16.9. The largest absolute Gasteiger partial charge is 0.480 e. The van der Waals surface area contributed by atoms with Gasteiger partial charge in [-0.2, -0.15) is 0 Å². The first-order valence-corrected chi connectivity index (χ1v) is 3.10. The van der Waals surface area contributed by atoms with E-state index in [-0.39, 0.29) is 5.92 Å². The summed E-state index contributed by atoms with van der Waals surface area (Å²) < 4.78 is 0. The van der Waals surface area contributed by atoms with Crippen LogP contribution >= 0.6 is 0 Å². The molecule has 7 heteroatoms. The molecule has 7 nitrogen and oxygen atoms in total. The molecule has 1 atom stereocenters. The van der Waals surface area contributed by atoms with Gasteiger partial charge in [0.15, 0.2) is 0 Å². The molecule has 0 radical (unpaired) electrons. The van der Waals surface area contributed by atoms with Crippen LogP contribution in [-0.4, -0.2) is 27.4 Å². The average molecular weight is 180 g/mol. The molecular formula is C5H12N2O5. The molecule has 0 spiro atoms. The molecule has 0 fully saturated rings. The van der Waals surface area contributed by atoms with Gasteiger partial charge < -0.3 is 16.0 Å². The first kappa shape index (κ1) is 13.2. The molecule has 0 saturated carbocycles. The van der Waals surface area contributed by atoms with Crippen LogP contribution in [0.1, 0.15) is 13.8 Å². The summed E-state index contributed by atoms with van der Waals surface area (Å²) in [6, 6.07) is -0.713. The Morgan fingerprint density at radius 1 is 1.58 bits per heavy atom. The number of hydrogen-bond acceptors (Lipinski definition) is 4. The van der Waals surface area contributed by atoms with Gasteiger partial charge in [-0.15, -0.1) is 10.1 Å². The molecule has 12 heavy (non-hydrogen) atoms. The third kappa shape index (κ3) is 11.4. The lowest BCUT2D eigenvalue weighted by atomic mass is 10.1. The Balaban J connectivity index is 0. The summed E-state index contributed by atoms with van der Waals surface area (Å²) in [6.45, 7) is 3.55. The minimum atomic E-state index is -1.50. The molecule has 0 rings (SSSR count). The van der Waals surface area contributed by atoms with E-state index in [0.29, 0.717) is 0 Å². The van der Waals surface area contributed by atoms with Crippen molar-refractivity contribution in [3.8, 4) is 0 Å². The third-order valence-corrected chi connectivity index (χ3v) is 1.00. The molecule has 72 valence electrons. The smallest absolute Gasteiger partial charge is 0.320 e. The second-order valence-corrected chi connectivity index (χ2v) is 2.35. The van der Waals surface area contributed by atoms with Crippen molar-refractivity contribution in [1.29, 1.82) is 0 Å². The van der Waals surface area contributed by atoms with Crippen LogP contribution in [0.25, 0.3) is 0 Å². The van der Waals surface area contributed by atoms with Crippen molar-refractivity contribution >= 4 is 5.97 Å². The van der Waals surface area contributed by atoms with E-state index < -0.39 is 17.1 Å². The number of carbonyl (C=O) groups is 1. The highest BCUT2D eigenvalue weighted by molar-refractivity contribution is 5.73. The molecule has 0 saturated heterocycles. The van der Waals surface area contributed by atoms with Gasteiger partial charge in [0.2, 0.25) is 0 Å². The van der Waals surface area contributed by atoms with E-state index in [4.69, 9.17) is 26.2 Å². The zero-order chi connectivity index (χ0) is 10.3. The Kier molecular flexibility index (Phi) is 7.00. The maximum absolute atomic E-state index is 10.0. The summed E-state index contributed by atoms with van der Waals surface area (Å²) in [4.78, 5) is 18.4. The van der Waals surface area contributed by atoms with Crippen LogP contribution < -0.4 is 5.73 Å². The van der Waals surface area contributed by atoms with E-state index in [9.17, 15) is 4.79 Å². The van der Waals surface area contributed by atoms with E-state index in [1.54, 1.807) is 13.8 Å². The SMILES string of the molecule is CC(C)[C@H](N)C(=O)O.O=[N+]([O-])O. The minimum Gasteiger partial charge on any atom is -0.480 e. The van der Waals surface area contributed by atoms with Gasteiger partial charge in [0.1, 0.15) is 6.04 Å². The molecule has 0 amide bonds. The van der Waals surface area contributed by atoms with Crippen molar-refractivity contribution in [3.05, 3.63) is 10.1 Å². The Morgan fingerprint density at radius 2 is 1.83 bits per heavy atom. The molecule has 0 aliphatic rings. The number of nitrogens with two attached hydrogens (primary N) is 1. The van der Waals surface area contributed by atoms with E-state index in [1.165, 1.54) is 0 Å². The number of hydrogen-bond donors (Lipinski definition) is 3. The molecule has 0 aliphatic heterocycles. The number of nitrogens with zero attached hydrogens (tertiary/aromatic N) is 1. The molecule has 0 unspecified atom stereocenters. The van der Waals surface area contributed by atoms with E-state index in [1.807, 2.05) is 0 Å². The van der Waals surface area contributed by atoms with Crippen molar-refractivity contribution in [2.45, 2.75) is 19.9 Å². The van der Waals surface area contributed by atoms with E-state index >= 15 is 0 Å². The quantitative estimate of drug-likeness (QED) is 0.395. The van der Waals surface area contributed by atoms with Gasteiger partial charge >= 0.3 is 5.97 Å². The van der Waals surface area contributed by atoms with E-state index in [0.717, 1.165) is 0 Å². The van der Waals surface area contributed by atoms with Crippen molar-refractivity contribution in [2.75, 3.05) is 0 Å². The Morgan fingerprint density at radius 3 is 1.83 bits per heavy atom. The second-order valence-electron chi connectivity index (χ2n) is 2.35. The average Bonchev–Trinajstić information content (AvgIpc) is 1.84.